The molecule has 2 aromatic heterocycles. The molecule has 4 nitrogen and oxygen atoms in total. The summed E-state index contributed by atoms with van der Waals surface area (Å²) in [6.07, 6.45) is 12.7. The topological polar surface area (TPSA) is 63.1 Å². The molecule has 2 aromatic carbocycles. The van der Waals surface area contributed by atoms with Crippen LogP contribution in [0.2, 0.25) is 0 Å². The molecule has 229 valence electrons. The predicted molar refractivity (Wildman–Crippen MR) is 175 cm³/mol. The van der Waals surface area contributed by atoms with Crippen molar-refractivity contribution in [1.29, 1.82) is 0 Å². The first-order valence-electron chi connectivity index (χ1n) is 15.6. The number of rotatable bonds is 9. The third-order valence-corrected chi connectivity index (χ3v) is 8.67. The van der Waals surface area contributed by atoms with Gasteiger partial charge in [0.2, 0.25) is 0 Å². The number of aliphatic hydroxyl groups is 1. The third-order valence-electron chi connectivity index (χ3n) is 8.67. The maximum absolute atomic E-state index is 11.7. The summed E-state index contributed by atoms with van der Waals surface area (Å²) in [4.78, 5) is 20.9. The predicted octanol–water partition coefficient (Wildman–Crippen LogP) is 9.85. The van der Waals surface area contributed by atoms with Gasteiger partial charge in [0.05, 0.1) is 5.76 Å². The van der Waals surface area contributed by atoms with Gasteiger partial charge in [-0.3, -0.25) is 14.8 Å². The number of aliphatic hydroxyl groups excluding tert-OH is 1. The molecule has 1 N–H and O–H groups in total. The Morgan fingerprint density at radius 2 is 1.63 bits per heavy atom. The number of pyridine rings is 2. The van der Waals surface area contributed by atoms with Crippen LogP contribution in [0.5, 0.6) is 0 Å². The average molecular weight is 754 g/mol. The normalized spacial score (nSPS) is 12.4. The number of carbonyl (C=O) groups excluding carboxylic acids is 1. The summed E-state index contributed by atoms with van der Waals surface area (Å²) in [7, 11) is 0. The maximum atomic E-state index is 11.7. The number of carbonyl (C=O) groups is 1. The van der Waals surface area contributed by atoms with Gasteiger partial charge in [-0.1, -0.05) is 70.7 Å². The Kier molecular flexibility index (Phi) is 12.8. The first kappa shape index (κ1) is 34.4. The molecule has 5 rings (SSSR count). The van der Waals surface area contributed by atoms with Crippen LogP contribution in [0.15, 0.2) is 72.9 Å². The zero-order valence-corrected chi connectivity index (χ0v) is 28.8. The quantitative estimate of drug-likeness (QED) is 0.105. The van der Waals surface area contributed by atoms with Crippen molar-refractivity contribution >= 4 is 16.6 Å². The number of hydrogen-bond acceptors (Lipinski definition) is 4. The van der Waals surface area contributed by atoms with Gasteiger partial charge in [0.15, 0.2) is 5.78 Å². The van der Waals surface area contributed by atoms with Crippen molar-refractivity contribution in [1.82, 2.24) is 9.97 Å². The second-order valence-corrected chi connectivity index (χ2v) is 11.6. The van der Waals surface area contributed by atoms with Crippen LogP contribution in [-0.2, 0) is 37.7 Å². The molecule has 0 saturated heterocycles. The van der Waals surface area contributed by atoms with Crippen molar-refractivity contribution in [2.24, 2.45) is 11.8 Å². The summed E-state index contributed by atoms with van der Waals surface area (Å²) in [5, 5.41) is 12.2. The Bertz CT molecular complexity index is 1550. The van der Waals surface area contributed by atoms with E-state index in [1.54, 1.807) is 0 Å². The van der Waals surface area contributed by atoms with Crippen molar-refractivity contribution in [2.75, 3.05) is 0 Å². The molecule has 43 heavy (non-hydrogen) atoms. The van der Waals surface area contributed by atoms with Crippen LogP contribution < -0.4 is 0 Å². The summed E-state index contributed by atoms with van der Waals surface area (Å²) >= 11 is 0. The summed E-state index contributed by atoms with van der Waals surface area (Å²) in [5.74, 6) is 0.999. The number of allylic oxidation sites excluding steroid dienone is 2. The van der Waals surface area contributed by atoms with Crippen LogP contribution in [0.4, 0.5) is 0 Å². The van der Waals surface area contributed by atoms with E-state index in [2.05, 4.69) is 67.4 Å². The van der Waals surface area contributed by atoms with E-state index in [9.17, 15) is 9.90 Å². The Balaban J connectivity index is 0.000000274. The summed E-state index contributed by atoms with van der Waals surface area (Å²) in [6, 6.07) is 18.7. The molecule has 5 heteroatoms. The van der Waals surface area contributed by atoms with Crippen molar-refractivity contribution in [3.8, 4) is 22.4 Å². The van der Waals surface area contributed by atoms with E-state index in [-0.39, 0.29) is 43.5 Å². The van der Waals surface area contributed by atoms with E-state index in [0.29, 0.717) is 5.92 Å². The van der Waals surface area contributed by atoms with Gasteiger partial charge in [0.1, 0.15) is 0 Å². The molecule has 0 unspecified atom stereocenters. The Morgan fingerprint density at radius 1 is 0.930 bits per heavy atom. The molecular weight excluding hydrogens is 709 g/mol. The summed E-state index contributed by atoms with van der Waals surface area (Å²) in [5.41, 5.74) is 8.72. The fourth-order valence-electron chi connectivity index (χ4n) is 6.02. The van der Waals surface area contributed by atoms with Crippen molar-refractivity contribution < 1.29 is 30.0 Å². The molecular formula is C38H45IrN2O2-. The Labute approximate surface area is 271 Å². The van der Waals surface area contributed by atoms with E-state index in [4.69, 9.17) is 4.98 Å². The molecule has 0 fully saturated rings. The molecule has 0 atom stereocenters. The number of ketones is 1. The van der Waals surface area contributed by atoms with E-state index >= 15 is 0 Å². The van der Waals surface area contributed by atoms with Crippen LogP contribution in [0.1, 0.15) is 89.8 Å². The van der Waals surface area contributed by atoms with Gasteiger partial charge in [-0.15, -0.1) is 29.1 Å². The average Bonchev–Trinajstić information content (AvgIpc) is 3.01. The Morgan fingerprint density at radius 3 is 2.30 bits per heavy atom. The first-order valence-corrected chi connectivity index (χ1v) is 15.6. The minimum absolute atomic E-state index is 0. The van der Waals surface area contributed by atoms with Crippen LogP contribution in [0.25, 0.3) is 33.2 Å². The molecule has 1 aliphatic rings. The Hall–Kier alpha value is -3.14. The second kappa shape index (κ2) is 16.1. The SMILES string of the molecule is CC(C)c1cc(-c2nccc3c2CCc2ccncc2-3)[c-]c2ccccc12.CCC(CC)C(=O)/C=C(\O)C(CC)CC.[Ir]. The molecule has 2 heterocycles. The van der Waals surface area contributed by atoms with E-state index in [1.165, 1.54) is 39.3 Å². The molecule has 0 amide bonds. The van der Waals surface area contributed by atoms with Crippen LogP contribution in [0, 0.1) is 17.9 Å². The third kappa shape index (κ3) is 7.88. The zero-order valence-electron chi connectivity index (χ0n) is 26.4. The number of nitrogens with zero attached hydrogens (tertiary/aromatic N) is 2. The molecule has 4 aromatic rings. The molecule has 0 bridgehead atoms. The monoisotopic (exact) mass is 754 g/mol. The van der Waals surface area contributed by atoms with Crippen molar-refractivity contribution in [3.63, 3.8) is 0 Å². The van der Waals surface area contributed by atoms with E-state index < -0.39 is 0 Å². The molecule has 0 aliphatic heterocycles. The standard InChI is InChI=1S/C25H21N2.C13H24O2.Ir/c1-16(2)23-14-19(13-18-5-3-4-6-20(18)23)25-22-8-7-17-9-11-26-15-24(17)21(22)10-12-27-25;1-5-10(6-2)12(14)9-13(15)11(7-3)8-4;/h3-6,9-12,14-16H,7-8H2,1-2H3;9-11,14H,5-8H2,1-4H3;/q-1;;/b;12-9-;. The number of hydrogen-bond donors (Lipinski definition) is 1. The van der Waals surface area contributed by atoms with E-state index in [1.807, 2.05) is 46.3 Å². The number of aromatic nitrogens is 2. The van der Waals surface area contributed by atoms with Gasteiger partial charge >= 0.3 is 0 Å². The number of benzene rings is 2. The molecule has 1 aliphatic carbocycles. The van der Waals surface area contributed by atoms with E-state index in [0.717, 1.165) is 55.2 Å². The fraction of sp³-hybridized carbons (Fsp3) is 0.395. The van der Waals surface area contributed by atoms with Crippen LogP contribution in [-0.4, -0.2) is 20.9 Å². The smallest absolute Gasteiger partial charge is 0.162 e. The van der Waals surface area contributed by atoms with Gasteiger partial charge in [-0.2, -0.15) is 0 Å². The van der Waals surface area contributed by atoms with Gasteiger partial charge in [0, 0.05) is 67.9 Å². The number of fused-ring (bicyclic) bond motifs is 4. The van der Waals surface area contributed by atoms with Gasteiger partial charge in [0.25, 0.3) is 0 Å². The number of aryl methyl sites for hydroxylation is 1. The maximum Gasteiger partial charge on any atom is 0.162 e. The van der Waals surface area contributed by atoms with Gasteiger partial charge in [-0.25, -0.2) is 0 Å². The molecule has 0 spiro atoms. The first-order chi connectivity index (χ1) is 20.3. The van der Waals surface area contributed by atoms with Crippen molar-refractivity contribution in [2.45, 2.75) is 86.0 Å². The summed E-state index contributed by atoms with van der Waals surface area (Å²) < 4.78 is 0. The molecule has 1 radical (unpaired) electrons. The largest absolute Gasteiger partial charge is 0.512 e. The van der Waals surface area contributed by atoms with Gasteiger partial charge < -0.3 is 5.11 Å². The van der Waals surface area contributed by atoms with Crippen LogP contribution >= 0.6 is 0 Å². The minimum atomic E-state index is 0. The minimum Gasteiger partial charge on any atom is -0.512 e. The van der Waals surface area contributed by atoms with Crippen LogP contribution in [0.3, 0.4) is 0 Å². The fourth-order valence-corrected chi connectivity index (χ4v) is 6.02. The van der Waals surface area contributed by atoms with Crippen molar-refractivity contribution in [3.05, 3.63) is 95.6 Å². The summed E-state index contributed by atoms with van der Waals surface area (Å²) in [6.45, 7) is 12.6. The second-order valence-electron chi connectivity index (χ2n) is 11.6. The molecule has 0 saturated carbocycles. The zero-order chi connectivity index (χ0) is 30.2. The van der Waals surface area contributed by atoms with Gasteiger partial charge in [-0.05, 0) is 73.3 Å².